The van der Waals surface area contributed by atoms with Gasteiger partial charge in [-0.25, -0.2) is 14.6 Å². The molecule has 1 unspecified atom stereocenters. The van der Waals surface area contributed by atoms with Gasteiger partial charge in [0, 0.05) is 29.9 Å². The number of thiazole rings is 1. The van der Waals surface area contributed by atoms with Gasteiger partial charge in [-0.2, -0.15) is 0 Å². The van der Waals surface area contributed by atoms with Crippen molar-refractivity contribution in [2.24, 2.45) is 5.16 Å². The number of fused-ring (bicyclic) bond motifs is 1. The molecule has 1 saturated heterocycles. The topological polar surface area (TPSA) is 149 Å². The normalized spacial score (nSPS) is 17.7. The van der Waals surface area contributed by atoms with Crippen LogP contribution in [0.2, 0.25) is 0 Å². The number of nitrogens with one attached hydrogen (secondary N) is 2. The minimum Gasteiger partial charge on any atom is -0.457 e. The van der Waals surface area contributed by atoms with Gasteiger partial charge >= 0.3 is 11.9 Å². The molecule has 3 aliphatic rings. The van der Waals surface area contributed by atoms with E-state index in [2.05, 4.69) is 15.8 Å². The summed E-state index contributed by atoms with van der Waals surface area (Å²) in [7, 11) is 0. The van der Waals surface area contributed by atoms with Gasteiger partial charge in [0.25, 0.3) is 11.8 Å². The second-order valence-corrected chi connectivity index (χ2v) is 19.8. The fraction of sp³-hybridized carbons (Fsp3) is 0.245. The smallest absolute Gasteiger partial charge is 0.356 e. The molecular weight excluding hydrogens is 918 g/mol. The van der Waals surface area contributed by atoms with E-state index in [0.717, 1.165) is 27.8 Å². The monoisotopic (exact) mass is 965 g/mol. The number of carbonyl (C=O) groups excluding carboxylic acids is 4. The summed E-state index contributed by atoms with van der Waals surface area (Å²) in [6, 6.07) is 47.7. The Morgan fingerprint density at radius 2 is 1.32 bits per heavy atom. The van der Waals surface area contributed by atoms with Gasteiger partial charge in [0.1, 0.15) is 33.9 Å². The highest BCUT2D eigenvalue weighted by Crippen LogP contribution is 2.45. The van der Waals surface area contributed by atoms with Gasteiger partial charge < -0.3 is 24.9 Å². The highest BCUT2D eigenvalue weighted by atomic mass is 35.5. The second-order valence-electron chi connectivity index (χ2n) is 17.6. The number of amides is 2. The van der Waals surface area contributed by atoms with Crippen molar-refractivity contribution in [3.8, 4) is 0 Å². The van der Waals surface area contributed by atoms with E-state index < -0.39 is 58.0 Å². The van der Waals surface area contributed by atoms with Crippen molar-refractivity contribution in [1.82, 2.24) is 15.2 Å². The van der Waals surface area contributed by atoms with Crippen LogP contribution in [-0.4, -0.2) is 73.6 Å². The number of thioether (sulfide) groups is 1. The number of hydrogen-bond acceptors (Lipinski definition) is 12. The number of esters is 2. The summed E-state index contributed by atoms with van der Waals surface area (Å²) in [6.07, 6.45) is -0.106. The molecule has 1 aliphatic carbocycles. The fourth-order valence-electron chi connectivity index (χ4n) is 8.27. The number of rotatable bonds is 16. The van der Waals surface area contributed by atoms with E-state index in [4.69, 9.17) is 30.9 Å². The Morgan fingerprint density at radius 1 is 0.809 bits per heavy atom. The molecule has 6 aromatic rings. The molecule has 346 valence electrons. The molecule has 0 radical (unpaired) electrons. The first kappa shape index (κ1) is 46.4. The Labute approximate surface area is 407 Å². The van der Waals surface area contributed by atoms with Crippen LogP contribution in [0.1, 0.15) is 73.2 Å². The number of oxime groups is 1. The Morgan fingerprint density at radius 3 is 1.81 bits per heavy atom. The first-order valence-corrected chi connectivity index (χ1v) is 24.6. The number of hydrogen-bond donors (Lipinski definition) is 2. The zero-order valence-corrected chi connectivity index (χ0v) is 39.9. The summed E-state index contributed by atoms with van der Waals surface area (Å²) < 4.78 is 11.9. The largest absolute Gasteiger partial charge is 0.457 e. The summed E-state index contributed by atoms with van der Waals surface area (Å²) in [4.78, 5) is 68.8. The van der Waals surface area contributed by atoms with E-state index in [9.17, 15) is 19.2 Å². The Balaban J connectivity index is 1.02. The first-order chi connectivity index (χ1) is 32.9. The molecule has 3 heterocycles. The molecule has 15 heteroatoms. The van der Waals surface area contributed by atoms with Gasteiger partial charge in [0.15, 0.2) is 16.9 Å². The number of anilines is 1. The zero-order chi connectivity index (χ0) is 47.5. The van der Waals surface area contributed by atoms with Crippen molar-refractivity contribution in [2.75, 3.05) is 16.9 Å². The molecule has 9 rings (SSSR count). The van der Waals surface area contributed by atoms with Gasteiger partial charge in [0.05, 0.1) is 0 Å². The van der Waals surface area contributed by atoms with Crippen LogP contribution in [0.3, 0.4) is 0 Å². The predicted octanol–water partition coefficient (Wildman–Crippen LogP) is 9.37. The van der Waals surface area contributed by atoms with E-state index >= 15 is 0 Å². The molecule has 12 nitrogen and oxygen atoms in total. The van der Waals surface area contributed by atoms with Gasteiger partial charge in [-0.15, -0.1) is 34.7 Å². The molecule has 68 heavy (non-hydrogen) atoms. The number of nitrogens with zero attached hydrogens (tertiary/aromatic N) is 3. The van der Waals surface area contributed by atoms with Gasteiger partial charge in [0.2, 0.25) is 5.60 Å². The molecule has 1 aromatic heterocycles. The van der Waals surface area contributed by atoms with Crippen LogP contribution in [-0.2, 0) is 39.0 Å². The van der Waals surface area contributed by atoms with Gasteiger partial charge in [-0.3, -0.25) is 14.5 Å². The number of aromatic nitrogens is 1. The number of carbonyl (C=O) groups is 4. The fourth-order valence-corrected chi connectivity index (χ4v) is 10.7. The minimum absolute atomic E-state index is 0.0138. The number of halogens is 1. The molecule has 2 amide bonds. The summed E-state index contributed by atoms with van der Waals surface area (Å²) in [5, 5.41) is 12.4. The van der Waals surface area contributed by atoms with E-state index in [1.54, 1.807) is 26.2 Å². The third-order valence-corrected chi connectivity index (χ3v) is 14.2. The molecule has 2 atom stereocenters. The van der Waals surface area contributed by atoms with E-state index in [1.807, 2.05) is 152 Å². The maximum absolute atomic E-state index is 14.7. The van der Waals surface area contributed by atoms with Crippen LogP contribution in [0.25, 0.3) is 0 Å². The summed E-state index contributed by atoms with van der Waals surface area (Å²) in [5.41, 5.74) is 1.69. The molecule has 0 spiro atoms. The molecule has 2 N–H and O–H groups in total. The molecule has 5 aromatic carbocycles. The van der Waals surface area contributed by atoms with Crippen LogP contribution in [0.5, 0.6) is 0 Å². The highest BCUT2D eigenvalue weighted by molar-refractivity contribution is 8.00. The maximum Gasteiger partial charge on any atom is 0.356 e. The Hall–Kier alpha value is -6.74. The lowest BCUT2D eigenvalue weighted by atomic mass is 9.77. The van der Waals surface area contributed by atoms with Crippen molar-refractivity contribution >= 4 is 69.3 Å². The van der Waals surface area contributed by atoms with Crippen LogP contribution in [0, 0.1) is 0 Å². The van der Waals surface area contributed by atoms with Crippen LogP contribution >= 0.6 is 34.7 Å². The lowest BCUT2D eigenvalue weighted by Gasteiger charge is -2.49. The minimum atomic E-state index is -1.39. The van der Waals surface area contributed by atoms with Crippen LogP contribution in [0.15, 0.2) is 173 Å². The number of ether oxygens (including phenoxy) is 2. The van der Waals surface area contributed by atoms with Crippen molar-refractivity contribution < 1.29 is 33.5 Å². The Bertz CT molecular complexity index is 2720. The molecule has 2 fully saturated rings. The third-order valence-electron chi connectivity index (χ3n) is 11.8. The van der Waals surface area contributed by atoms with E-state index in [0.29, 0.717) is 29.3 Å². The average molecular weight is 967 g/mol. The Kier molecular flexibility index (Phi) is 13.3. The van der Waals surface area contributed by atoms with Crippen molar-refractivity contribution in [1.29, 1.82) is 0 Å². The summed E-state index contributed by atoms with van der Waals surface area (Å²) in [6.45, 7) is 5.28. The zero-order valence-electron chi connectivity index (χ0n) is 37.5. The number of alkyl halides is 1. The van der Waals surface area contributed by atoms with Crippen molar-refractivity contribution in [3.05, 3.63) is 202 Å². The lowest BCUT2D eigenvalue weighted by Crippen LogP contribution is -2.71. The summed E-state index contributed by atoms with van der Waals surface area (Å²) in [5.74, 6) is -2.32. The van der Waals surface area contributed by atoms with Gasteiger partial charge in [-0.05, 0) is 54.2 Å². The molecule has 0 bridgehead atoms. The molecular formula is C53H48ClN5O7S2. The number of β-lactam (4-membered cyclic amide) rings is 1. The maximum atomic E-state index is 14.7. The molecule has 2 aliphatic heterocycles. The van der Waals surface area contributed by atoms with E-state index in [1.165, 1.54) is 28.0 Å². The third kappa shape index (κ3) is 9.40. The predicted molar refractivity (Wildman–Crippen MR) is 264 cm³/mol. The quantitative estimate of drug-likeness (QED) is 0.0240. The van der Waals surface area contributed by atoms with Crippen molar-refractivity contribution in [2.45, 2.75) is 67.9 Å². The second kappa shape index (κ2) is 19.5. The lowest BCUT2D eigenvalue weighted by molar-refractivity contribution is -0.172. The highest BCUT2D eigenvalue weighted by Gasteiger charge is 2.57. The summed E-state index contributed by atoms with van der Waals surface area (Å²) >= 11 is 9.04. The number of benzene rings is 5. The average Bonchev–Trinajstić information content (AvgIpc) is 4.03. The van der Waals surface area contributed by atoms with E-state index in [-0.39, 0.29) is 23.0 Å². The van der Waals surface area contributed by atoms with Crippen LogP contribution in [0.4, 0.5) is 5.13 Å². The SMILES string of the molecule is CC(C)(C)OC(=O)C1(O/N=C(/C(=O)NC2C(=O)N3C(C(=O)OC(c4ccccc4)c4ccccc4)=C(CCl)CS[C@H]23)c2csc(NC(c3ccccc3)(c3ccccc3)c3ccccc3)n2)CC1. The van der Waals surface area contributed by atoms with Crippen molar-refractivity contribution in [3.63, 3.8) is 0 Å². The standard InChI is InChI=1S/C53H48ClN5O7S2/c1-51(2,3)65-49(63)52(29-30-52)66-58-41(40-33-68-50(55-40)57-53(37-23-13-6-14-24-37,38-25-15-7-16-26-38)39-27-17-8-18-28-39)45(60)56-42-46(61)59-43(36(31-54)32-67-47(42)59)48(62)64-44(34-19-9-4-10-20-34)35-21-11-5-12-22-35/h4-28,33,42,44,47H,29-32H2,1-3H3,(H,55,57)(H,56,60)/b58-41+/t42?,47-/m1/s1. The molecule has 1 saturated carbocycles. The van der Waals surface area contributed by atoms with Gasteiger partial charge in [-0.1, -0.05) is 157 Å². The first-order valence-electron chi connectivity index (χ1n) is 22.2. The van der Waals surface area contributed by atoms with Crippen LogP contribution < -0.4 is 10.6 Å².